The lowest BCUT2D eigenvalue weighted by atomic mass is 10.0. The Bertz CT molecular complexity index is 556. The molecule has 3 N–H and O–H groups in total. The minimum atomic E-state index is -0.299. The predicted molar refractivity (Wildman–Crippen MR) is 76.2 cm³/mol. The van der Waals surface area contributed by atoms with Crippen molar-refractivity contribution in [2.45, 2.75) is 13.3 Å². The number of aliphatic hydroxyl groups excluding tert-OH is 1. The van der Waals surface area contributed by atoms with Crippen LogP contribution in [0, 0.1) is 18.8 Å². The van der Waals surface area contributed by atoms with E-state index in [4.69, 9.17) is 5.11 Å². The van der Waals surface area contributed by atoms with Crippen molar-refractivity contribution in [1.29, 1.82) is 0 Å². The van der Waals surface area contributed by atoms with Gasteiger partial charge in [-0.25, -0.2) is 0 Å². The van der Waals surface area contributed by atoms with E-state index in [9.17, 15) is 9.59 Å². The summed E-state index contributed by atoms with van der Waals surface area (Å²) in [6.07, 6.45) is 0.424. The third kappa shape index (κ3) is 4.75. The van der Waals surface area contributed by atoms with Crippen LogP contribution >= 0.6 is 0 Å². The van der Waals surface area contributed by atoms with E-state index >= 15 is 0 Å². The molecule has 0 aromatic heterocycles. The number of aliphatic hydroxyl groups is 1. The Hall–Kier alpha value is -2.32. The molecule has 0 fully saturated rings. The standard InChI is InChI=1S/C15H18N2O3/c1-11-9-13(15(20)17-10-14(19)16-2)7-6-12(11)5-3-4-8-18/h6-7,9,18H,4,8,10H2,1-2H3,(H,16,19)(H,17,20). The van der Waals surface area contributed by atoms with Crippen LogP contribution in [0.15, 0.2) is 18.2 Å². The van der Waals surface area contributed by atoms with Crippen molar-refractivity contribution in [3.8, 4) is 11.8 Å². The highest BCUT2D eigenvalue weighted by Gasteiger charge is 2.08. The maximum absolute atomic E-state index is 11.8. The van der Waals surface area contributed by atoms with Gasteiger partial charge in [-0.1, -0.05) is 11.8 Å². The Morgan fingerprint density at radius 3 is 2.70 bits per heavy atom. The summed E-state index contributed by atoms with van der Waals surface area (Å²) >= 11 is 0. The van der Waals surface area contributed by atoms with Crippen molar-refractivity contribution in [2.75, 3.05) is 20.2 Å². The van der Waals surface area contributed by atoms with E-state index in [1.165, 1.54) is 7.05 Å². The highest BCUT2D eigenvalue weighted by atomic mass is 16.2. The highest BCUT2D eigenvalue weighted by molar-refractivity contribution is 5.96. The molecule has 20 heavy (non-hydrogen) atoms. The van der Waals surface area contributed by atoms with Gasteiger partial charge in [0.25, 0.3) is 5.91 Å². The zero-order valence-corrected chi connectivity index (χ0v) is 11.6. The third-order valence-electron chi connectivity index (χ3n) is 2.64. The van der Waals surface area contributed by atoms with Gasteiger partial charge in [0.1, 0.15) is 0 Å². The number of aryl methyl sites for hydroxylation is 1. The molecule has 0 saturated heterocycles. The lowest BCUT2D eigenvalue weighted by Gasteiger charge is -2.06. The molecule has 0 heterocycles. The van der Waals surface area contributed by atoms with E-state index in [0.29, 0.717) is 12.0 Å². The number of hydrogen-bond donors (Lipinski definition) is 3. The number of nitrogens with one attached hydrogen (secondary N) is 2. The highest BCUT2D eigenvalue weighted by Crippen LogP contribution is 2.10. The van der Waals surface area contributed by atoms with Crippen LogP contribution in [-0.4, -0.2) is 37.1 Å². The minimum absolute atomic E-state index is 0.0338. The van der Waals surface area contributed by atoms with E-state index in [2.05, 4.69) is 22.5 Å². The monoisotopic (exact) mass is 274 g/mol. The molecule has 106 valence electrons. The van der Waals surface area contributed by atoms with E-state index in [-0.39, 0.29) is 25.0 Å². The van der Waals surface area contributed by atoms with Crippen LogP contribution in [0.2, 0.25) is 0 Å². The van der Waals surface area contributed by atoms with Crippen LogP contribution in [0.25, 0.3) is 0 Å². The molecule has 5 heteroatoms. The summed E-state index contributed by atoms with van der Waals surface area (Å²) in [6, 6.07) is 5.14. The Morgan fingerprint density at radius 2 is 2.10 bits per heavy atom. The normalized spacial score (nSPS) is 9.35. The summed E-state index contributed by atoms with van der Waals surface area (Å²) in [4.78, 5) is 22.9. The van der Waals surface area contributed by atoms with Gasteiger partial charge in [-0.3, -0.25) is 9.59 Å². The predicted octanol–water partition coefficient (Wildman–Crippen LogP) is 0.205. The molecule has 5 nitrogen and oxygen atoms in total. The van der Waals surface area contributed by atoms with Crippen molar-refractivity contribution >= 4 is 11.8 Å². The Balaban J connectivity index is 2.74. The molecule has 0 aliphatic carbocycles. The van der Waals surface area contributed by atoms with Gasteiger partial charge in [-0.05, 0) is 30.7 Å². The lowest BCUT2D eigenvalue weighted by Crippen LogP contribution is -2.35. The maximum atomic E-state index is 11.8. The fourth-order valence-electron chi connectivity index (χ4n) is 1.51. The second-order valence-electron chi connectivity index (χ2n) is 4.16. The van der Waals surface area contributed by atoms with Crippen molar-refractivity contribution in [1.82, 2.24) is 10.6 Å². The van der Waals surface area contributed by atoms with E-state index < -0.39 is 0 Å². The molecule has 0 bridgehead atoms. The molecule has 0 unspecified atom stereocenters. The van der Waals surface area contributed by atoms with Gasteiger partial charge in [-0.15, -0.1) is 0 Å². The number of carbonyl (C=O) groups excluding carboxylic acids is 2. The van der Waals surface area contributed by atoms with Gasteiger partial charge >= 0.3 is 0 Å². The summed E-state index contributed by atoms with van der Waals surface area (Å²) in [5.74, 6) is 5.22. The molecule has 1 aromatic rings. The van der Waals surface area contributed by atoms with Crippen LogP contribution in [-0.2, 0) is 4.79 Å². The number of hydrogen-bond acceptors (Lipinski definition) is 3. The second kappa shape index (κ2) is 7.97. The number of likely N-dealkylation sites (N-methyl/N-ethyl adjacent to an activating group) is 1. The van der Waals surface area contributed by atoms with Crippen molar-refractivity contribution in [2.24, 2.45) is 0 Å². The third-order valence-corrected chi connectivity index (χ3v) is 2.64. The van der Waals surface area contributed by atoms with Crippen LogP contribution in [0.5, 0.6) is 0 Å². The molecule has 0 radical (unpaired) electrons. The van der Waals surface area contributed by atoms with Gasteiger partial charge in [0.05, 0.1) is 13.2 Å². The minimum Gasteiger partial charge on any atom is -0.395 e. The molecule has 2 amide bonds. The van der Waals surface area contributed by atoms with E-state index in [1.807, 2.05) is 6.92 Å². The SMILES string of the molecule is CNC(=O)CNC(=O)c1ccc(C#CCCO)c(C)c1. The summed E-state index contributed by atoms with van der Waals surface area (Å²) in [5, 5.41) is 13.6. The molecule has 0 atom stereocenters. The molecule has 0 aliphatic rings. The Labute approximate surface area is 118 Å². The summed E-state index contributed by atoms with van der Waals surface area (Å²) in [6.45, 7) is 1.84. The van der Waals surface area contributed by atoms with E-state index in [0.717, 1.165) is 11.1 Å². The molecule has 1 aromatic carbocycles. The average Bonchev–Trinajstić information content (AvgIpc) is 2.46. The fraction of sp³-hybridized carbons (Fsp3) is 0.333. The van der Waals surface area contributed by atoms with Crippen LogP contribution in [0.1, 0.15) is 27.9 Å². The van der Waals surface area contributed by atoms with E-state index in [1.54, 1.807) is 18.2 Å². The molecule has 1 rings (SSSR count). The van der Waals surface area contributed by atoms with Crippen molar-refractivity contribution < 1.29 is 14.7 Å². The number of rotatable bonds is 4. The topological polar surface area (TPSA) is 78.4 Å². The van der Waals surface area contributed by atoms with Crippen LogP contribution < -0.4 is 10.6 Å². The summed E-state index contributed by atoms with van der Waals surface area (Å²) in [7, 11) is 1.51. The summed E-state index contributed by atoms with van der Waals surface area (Å²) in [5.41, 5.74) is 2.18. The smallest absolute Gasteiger partial charge is 0.251 e. The van der Waals surface area contributed by atoms with Gasteiger partial charge in [0.15, 0.2) is 0 Å². The summed E-state index contributed by atoms with van der Waals surface area (Å²) < 4.78 is 0. The molecule has 0 aliphatic heterocycles. The Kier molecular flexibility index (Phi) is 6.27. The first-order chi connectivity index (χ1) is 9.58. The first-order valence-corrected chi connectivity index (χ1v) is 6.27. The van der Waals surface area contributed by atoms with Crippen LogP contribution in [0.4, 0.5) is 0 Å². The Morgan fingerprint density at radius 1 is 1.35 bits per heavy atom. The zero-order valence-electron chi connectivity index (χ0n) is 11.6. The number of benzene rings is 1. The average molecular weight is 274 g/mol. The molecule has 0 saturated carbocycles. The quantitative estimate of drug-likeness (QED) is 0.687. The second-order valence-corrected chi connectivity index (χ2v) is 4.16. The first kappa shape index (κ1) is 15.7. The maximum Gasteiger partial charge on any atom is 0.251 e. The molecular formula is C15H18N2O3. The van der Waals surface area contributed by atoms with Crippen molar-refractivity contribution in [3.05, 3.63) is 34.9 Å². The zero-order chi connectivity index (χ0) is 15.0. The molecule has 0 spiro atoms. The molecular weight excluding hydrogens is 256 g/mol. The van der Waals surface area contributed by atoms with Gasteiger partial charge < -0.3 is 15.7 Å². The lowest BCUT2D eigenvalue weighted by molar-refractivity contribution is -0.119. The van der Waals surface area contributed by atoms with Gasteiger partial charge in [-0.2, -0.15) is 0 Å². The largest absolute Gasteiger partial charge is 0.395 e. The van der Waals surface area contributed by atoms with Crippen molar-refractivity contribution in [3.63, 3.8) is 0 Å². The van der Waals surface area contributed by atoms with Crippen LogP contribution in [0.3, 0.4) is 0 Å². The first-order valence-electron chi connectivity index (χ1n) is 6.27. The fourth-order valence-corrected chi connectivity index (χ4v) is 1.51. The number of carbonyl (C=O) groups is 2. The van der Waals surface area contributed by atoms with Gasteiger partial charge in [0.2, 0.25) is 5.91 Å². The van der Waals surface area contributed by atoms with Gasteiger partial charge in [0, 0.05) is 24.6 Å². The number of amides is 2.